The van der Waals surface area contributed by atoms with E-state index in [-0.39, 0.29) is 23.0 Å². The SMILES string of the molecule is CSc1ccc([N+](C)(C)Cc2ccc([N+](=O)[O-])cc2)cc1.[Cl-]. The molecule has 4 nitrogen and oxygen atoms in total. The van der Waals surface area contributed by atoms with Gasteiger partial charge in [0.05, 0.1) is 19.0 Å². The van der Waals surface area contributed by atoms with E-state index in [2.05, 4.69) is 44.6 Å². The van der Waals surface area contributed by atoms with Gasteiger partial charge in [-0.25, -0.2) is 0 Å². The molecule has 0 heterocycles. The number of rotatable bonds is 5. The average Bonchev–Trinajstić information content (AvgIpc) is 2.47. The lowest BCUT2D eigenvalue weighted by Gasteiger charge is -2.29. The molecule has 0 atom stereocenters. The fourth-order valence-corrected chi connectivity index (χ4v) is 2.66. The van der Waals surface area contributed by atoms with Crippen LogP contribution in [0.4, 0.5) is 11.4 Å². The van der Waals surface area contributed by atoms with Gasteiger partial charge >= 0.3 is 0 Å². The minimum Gasteiger partial charge on any atom is -1.00 e. The molecule has 2 aromatic carbocycles. The van der Waals surface area contributed by atoms with Crippen LogP contribution < -0.4 is 16.9 Å². The molecule has 0 aliphatic rings. The Morgan fingerprint density at radius 1 is 1.05 bits per heavy atom. The summed E-state index contributed by atoms with van der Waals surface area (Å²) in [6.45, 7) is 0.788. The van der Waals surface area contributed by atoms with Gasteiger partial charge in [-0.15, -0.1) is 11.8 Å². The van der Waals surface area contributed by atoms with Crippen LogP contribution in [0.1, 0.15) is 5.56 Å². The van der Waals surface area contributed by atoms with E-state index in [1.165, 1.54) is 10.6 Å². The first-order valence-corrected chi connectivity index (χ1v) is 7.86. The van der Waals surface area contributed by atoms with E-state index in [4.69, 9.17) is 0 Å². The van der Waals surface area contributed by atoms with Crippen LogP contribution in [-0.4, -0.2) is 25.3 Å². The highest BCUT2D eigenvalue weighted by Crippen LogP contribution is 2.25. The lowest BCUT2D eigenvalue weighted by Crippen LogP contribution is -3.00. The van der Waals surface area contributed by atoms with Gasteiger partial charge in [0.25, 0.3) is 5.69 Å². The van der Waals surface area contributed by atoms with Gasteiger partial charge in [0.1, 0.15) is 12.2 Å². The van der Waals surface area contributed by atoms with Crippen LogP contribution in [-0.2, 0) is 6.54 Å². The highest BCUT2D eigenvalue weighted by atomic mass is 35.5. The van der Waals surface area contributed by atoms with Crippen molar-refractivity contribution >= 4 is 23.1 Å². The van der Waals surface area contributed by atoms with Gasteiger partial charge < -0.3 is 12.4 Å². The third-order valence-electron chi connectivity index (χ3n) is 3.50. The predicted molar refractivity (Wildman–Crippen MR) is 88.7 cm³/mol. The summed E-state index contributed by atoms with van der Waals surface area (Å²) < 4.78 is 0.701. The zero-order valence-corrected chi connectivity index (χ0v) is 14.4. The van der Waals surface area contributed by atoms with Crippen molar-refractivity contribution in [3.8, 4) is 0 Å². The Hall–Kier alpha value is -1.56. The molecule has 0 saturated heterocycles. The Kier molecular flexibility index (Phi) is 6.41. The fourth-order valence-electron chi connectivity index (χ4n) is 2.26. The standard InChI is InChI=1S/C16H19N2O2S.ClH/c1-18(2,15-8-10-16(21-3)11-9-15)12-13-4-6-14(7-5-13)17(19)20;/h4-11H,12H2,1-3H3;1H/q+1;/p-1. The Morgan fingerprint density at radius 2 is 1.59 bits per heavy atom. The normalized spacial score (nSPS) is 10.9. The van der Waals surface area contributed by atoms with Crippen LogP contribution in [0, 0.1) is 10.1 Å². The van der Waals surface area contributed by atoms with Crippen molar-refractivity contribution in [2.24, 2.45) is 0 Å². The molecule has 0 N–H and O–H groups in total. The summed E-state index contributed by atoms with van der Waals surface area (Å²) in [5.41, 5.74) is 2.43. The number of nitrogens with zero attached hydrogens (tertiary/aromatic N) is 2. The van der Waals surface area contributed by atoms with Crippen LogP contribution in [0.2, 0.25) is 0 Å². The number of nitro groups is 1. The van der Waals surface area contributed by atoms with Crippen molar-refractivity contribution < 1.29 is 17.3 Å². The van der Waals surface area contributed by atoms with E-state index in [9.17, 15) is 10.1 Å². The van der Waals surface area contributed by atoms with Gasteiger partial charge in [-0.05, 0) is 30.5 Å². The highest BCUT2D eigenvalue weighted by molar-refractivity contribution is 7.98. The smallest absolute Gasteiger partial charge is 0.269 e. The Balaban J connectivity index is 0.00000242. The molecule has 0 aliphatic heterocycles. The molecule has 2 rings (SSSR count). The minimum atomic E-state index is -0.370. The molecular weight excluding hydrogens is 320 g/mol. The zero-order valence-electron chi connectivity index (χ0n) is 12.8. The first kappa shape index (κ1) is 18.5. The summed E-state index contributed by atoms with van der Waals surface area (Å²) in [4.78, 5) is 11.6. The van der Waals surface area contributed by atoms with Gasteiger partial charge in [0.15, 0.2) is 0 Å². The first-order valence-electron chi connectivity index (χ1n) is 6.63. The Morgan fingerprint density at radius 3 is 2.05 bits per heavy atom. The zero-order chi connectivity index (χ0) is 15.5. The number of benzene rings is 2. The molecule has 2 aromatic rings. The number of nitro benzene ring substituents is 1. The van der Waals surface area contributed by atoms with Crippen molar-refractivity contribution in [1.82, 2.24) is 4.48 Å². The topological polar surface area (TPSA) is 43.1 Å². The molecule has 118 valence electrons. The number of hydrogen-bond donors (Lipinski definition) is 0. The molecule has 0 unspecified atom stereocenters. The van der Waals surface area contributed by atoms with Crippen LogP contribution >= 0.6 is 11.8 Å². The highest BCUT2D eigenvalue weighted by Gasteiger charge is 2.20. The molecule has 0 fully saturated rings. The predicted octanol–water partition coefficient (Wildman–Crippen LogP) is 1.09. The lowest BCUT2D eigenvalue weighted by atomic mass is 10.1. The van der Waals surface area contributed by atoms with Crippen LogP contribution in [0.5, 0.6) is 0 Å². The second-order valence-corrected chi connectivity index (χ2v) is 6.34. The van der Waals surface area contributed by atoms with Crippen molar-refractivity contribution in [2.75, 3.05) is 20.4 Å². The average molecular weight is 339 g/mol. The Bertz CT molecular complexity index is 628. The monoisotopic (exact) mass is 338 g/mol. The lowest BCUT2D eigenvalue weighted by molar-refractivity contribution is -0.384. The molecule has 0 spiro atoms. The van der Waals surface area contributed by atoms with E-state index in [1.807, 2.05) is 12.1 Å². The molecule has 0 aromatic heterocycles. The third-order valence-corrected chi connectivity index (χ3v) is 4.24. The summed E-state index contributed by atoms with van der Waals surface area (Å²) in [6, 6.07) is 15.3. The van der Waals surface area contributed by atoms with Crippen molar-refractivity contribution in [2.45, 2.75) is 11.4 Å². The summed E-state index contributed by atoms with van der Waals surface area (Å²) in [5, 5.41) is 10.7. The fraction of sp³-hybridized carbons (Fsp3) is 0.250. The van der Waals surface area contributed by atoms with Crippen LogP contribution in [0.3, 0.4) is 0 Å². The second-order valence-electron chi connectivity index (χ2n) is 5.46. The van der Waals surface area contributed by atoms with Gasteiger partial charge in [-0.1, -0.05) is 0 Å². The third kappa shape index (κ3) is 4.47. The molecule has 6 heteroatoms. The first-order chi connectivity index (χ1) is 9.92. The summed E-state index contributed by atoms with van der Waals surface area (Å²) >= 11 is 1.73. The number of quaternary nitrogens is 1. The van der Waals surface area contributed by atoms with E-state index >= 15 is 0 Å². The van der Waals surface area contributed by atoms with Crippen molar-refractivity contribution in [1.29, 1.82) is 0 Å². The van der Waals surface area contributed by atoms with Crippen molar-refractivity contribution in [3.05, 3.63) is 64.2 Å². The molecule has 0 bridgehead atoms. The van der Waals surface area contributed by atoms with E-state index < -0.39 is 0 Å². The second kappa shape index (κ2) is 7.63. The molecule has 0 amide bonds. The maximum atomic E-state index is 10.7. The van der Waals surface area contributed by atoms with Gasteiger partial charge in [-0.3, -0.25) is 14.6 Å². The number of thioether (sulfide) groups is 1. The van der Waals surface area contributed by atoms with Crippen LogP contribution in [0.25, 0.3) is 0 Å². The summed E-state index contributed by atoms with van der Waals surface area (Å²) in [7, 11) is 4.27. The minimum absolute atomic E-state index is 0. The van der Waals surface area contributed by atoms with E-state index in [1.54, 1.807) is 23.9 Å². The maximum absolute atomic E-state index is 10.7. The summed E-state index contributed by atoms with van der Waals surface area (Å²) in [6.07, 6.45) is 2.06. The summed E-state index contributed by atoms with van der Waals surface area (Å²) in [5.74, 6) is 0. The van der Waals surface area contributed by atoms with E-state index in [0.29, 0.717) is 4.48 Å². The molecule has 0 radical (unpaired) electrons. The van der Waals surface area contributed by atoms with Crippen molar-refractivity contribution in [3.63, 3.8) is 0 Å². The largest absolute Gasteiger partial charge is 1.00 e. The molecule has 0 saturated carbocycles. The van der Waals surface area contributed by atoms with Gasteiger partial charge in [-0.2, -0.15) is 0 Å². The van der Waals surface area contributed by atoms with Crippen LogP contribution in [0.15, 0.2) is 53.4 Å². The molecular formula is C16H19ClN2O2S. The maximum Gasteiger partial charge on any atom is 0.269 e. The van der Waals surface area contributed by atoms with Gasteiger partial charge in [0.2, 0.25) is 0 Å². The van der Waals surface area contributed by atoms with E-state index in [0.717, 1.165) is 12.1 Å². The molecule has 0 aliphatic carbocycles. The number of hydrogen-bond acceptors (Lipinski definition) is 3. The Labute approximate surface area is 141 Å². The molecule has 22 heavy (non-hydrogen) atoms. The van der Waals surface area contributed by atoms with Gasteiger partial charge in [0, 0.05) is 34.7 Å². The quantitative estimate of drug-likeness (QED) is 0.355. The number of non-ortho nitro benzene ring substituents is 1. The number of halogens is 1.